The summed E-state index contributed by atoms with van der Waals surface area (Å²) in [4.78, 5) is 0. The molecule has 0 atom stereocenters. The molecule has 0 radical (unpaired) electrons. The maximum absolute atomic E-state index is 4.99. The molecule has 0 fully saturated rings. The van der Waals surface area contributed by atoms with E-state index >= 15 is 0 Å². The number of aromatic nitrogens is 1. The second-order valence-corrected chi connectivity index (χ2v) is 16.0. The summed E-state index contributed by atoms with van der Waals surface area (Å²) >= 11 is 0. The molecule has 90 valence electrons. The molecule has 6 heteroatoms. The van der Waals surface area contributed by atoms with Gasteiger partial charge in [-0.15, -0.1) is 0 Å². The Hall–Kier alpha value is 0.0625. The molecule has 1 nitrogen and oxygen atoms in total. The summed E-state index contributed by atoms with van der Waals surface area (Å²) in [6, 6.07) is 16.3. The molecule has 0 saturated carbocycles. The zero-order valence-corrected chi connectivity index (χ0v) is 13.0. The predicted octanol–water partition coefficient (Wildman–Crippen LogP) is 4.34. The van der Waals surface area contributed by atoms with Crippen LogP contribution >= 0.6 is 40.2 Å². The van der Waals surface area contributed by atoms with Crippen molar-refractivity contribution < 1.29 is 4.57 Å². The highest BCUT2D eigenvalue weighted by Gasteiger charge is 2.14. The molecule has 0 aliphatic carbocycles. The number of benzene rings is 1. The van der Waals surface area contributed by atoms with E-state index in [1.807, 2.05) is 48.8 Å². The van der Waals surface area contributed by atoms with Crippen LogP contribution in [0, 0.1) is 0 Å². The smallest absolute Gasteiger partial charge is 0.391 e. The summed E-state index contributed by atoms with van der Waals surface area (Å²) in [5.41, 5.74) is 1.19. The van der Waals surface area contributed by atoms with Crippen molar-refractivity contribution in [3.8, 4) is 5.69 Å². The third-order valence-electron chi connectivity index (χ3n) is 1.77. The lowest BCUT2D eigenvalue weighted by Crippen LogP contribution is -2.28. The fourth-order valence-corrected chi connectivity index (χ4v) is 1.17. The standard InChI is InChI=1S/C11H10N.Al.4ClH/c1-3-7-11(8-4-1)12-9-5-2-6-10-12;;;;;/h1-10H;;4*1H/q+1;+3;;;;/p-4. The highest BCUT2D eigenvalue weighted by Crippen LogP contribution is 2.23. The topological polar surface area (TPSA) is 3.88 Å². The Morgan fingerprint density at radius 3 is 1.59 bits per heavy atom. The molecule has 1 aromatic carbocycles. The van der Waals surface area contributed by atoms with E-state index in [0.29, 0.717) is 0 Å². The second kappa shape index (κ2) is 7.49. The molecule has 0 aliphatic rings. The molecule has 0 unspecified atom stereocenters. The van der Waals surface area contributed by atoms with E-state index in [9.17, 15) is 0 Å². The number of para-hydroxylation sites is 1. The average Bonchev–Trinajstić information content (AvgIpc) is 2.29. The number of hydrogen-bond donors (Lipinski definition) is 0. The van der Waals surface area contributed by atoms with Crippen molar-refractivity contribution >= 4 is 49.6 Å². The summed E-state index contributed by atoms with van der Waals surface area (Å²) in [6.45, 7) is 0. The van der Waals surface area contributed by atoms with Crippen LogP contribution in [0.2, 0.25) is 0 Å². The van der Waals surface area contributed by atoms with Crippen LogP contribution in [0.3, 0.4) is 0 Å². The Bertz CT molecular complexity index is 387. The number of pyridine rings is 1. The highest BCUT2D eigenvalue weighted by atomic mass is 35.9. The van der Waals surface area contributed by atoms with Gasteiger partial charge in [-0.05, 0) is 0 Å². The van der Waals surface area contributed by atoms with Gasteiger partial charge in [0.05, 0.1) is 0 Å². The van der Waals surface area contributed by atoms with Gasteiger partial charge in [-0.1, -0.05) is 24.3 Å². The van der Waals surface area contributed by atoms with Crippen LogP contribution in [0.4, 0.5) is 0 Å². The zero-order valence-electron chi connectivity index (χ0n) is 8.81. The normalized spacial score (nSPS) is 10.4. The van der Waals surface area contributed by atoms with Crippen LogP contribution in [-0.4, -0.2) is 9.39 Å². The molecule has 1 heterocycles. The molecule has 17 heavy (non-hydrogen) atoms. The van der Waals surface area contributed by atoms with Gasteiger partial charge in [0, 0.05) is 24.3 Å². The number of rotatable bonds is 1. The summed E-state index contributed by atoms with van der Waals surface area (Å²) in [5.74, 6) is 0. The molecular weight excluding hydrogens is 315 g/mol. The van der Waals surface area contributed by atoms with Gasteiger partial charge in [-0.3, -0.25) is 0 Å². The molecule has 0 amide bonds. The monoisotopic (exact) mass is 323 g/mol. The van der Waals surface area contributed by atoms with E-state index in [0.717, 1.165) is 0 Å². The van der Waals surface area contributed by atoms with Gasteiger partial charge in [0.1, 0.15) is 0 Å². The van der Waals surface area contributed by atoms with Crippen molar-refractivity contribution in [1.82, 2.24) is 0 Å². The molecule has 0 aliphatic heterocycles. The minimum atomic E-state index is -2.94. The van der Waals surface area contributed by atoms with Crippen LogP contribution in [0.25, 0.3) is 5.69 Å². The Morgan fingerprint density at radius 1 is 0.706 bits per heavy atom. The third-order valence-corrected chi connectivity index (χ3v) is 1.77. The van der Waals surface area contributed by atoms with Crippen LogP contribution in [0.15, 0.2) is 60.9 Å². The first-order valence-corrected chi connectivity index (χ1v) is 11.8. The van der Waals surface area contributed by atoms with Crippen molar-refractivity contribution in [1.29, 1.82) is 0 Å². The number of hydrogen-bond acceptors (Lipinski definition) is 0. The molecule has 0 N–H and O–H groups in total. The lowest BCUT2D eigenvalue weighted by atomic mass is 10.3. The van der Waals surface area contributed by atoms with E-state index in [-0.39, 0.29) is 0 Å². The van der Waals surface area contributed by atoms with Crippen molar-refractivity contribution in [2.75, 3.05) is 0 Å². The number of nitrogens with zero attached hydrogens (tertiary/aromatic N) is 1. The molecule has 0 bridgehead atoms. The van der Waals surface area contributed by atoms with E-state index in [1.54, 1.807) is 0 Å². The van der Waals surface area contributed by atoms with Crippen molar-refractivity contribution in [3.63, 3.8) is 0 Å². The van der Waals surface area contributed by atoms with Gasteiger partial charge < -0.3 is 40.2 Å². The molecular formula is C11H10AlCl4N. The predicted molar refractivity (Wildman–Crippen MR) is 77.1 cm³/mol. The van der Waals surface area contributed by atoms with Crippen molar-refractivity contribution in [3.05, 3.63) is 60.9 Å². The van der Waals surface area contributed by atoms with Gasteiger partial charge in [0.15, 0.2) is 12.4 Å². The quantitative estimate of drug-likeness (QED) is 0.542. The third kappa shape index (κ3) is 7.89. The maximum atomic E-state index is 4.99. The fraction of sp³-hybridized carbons (Fsp3) is 0. The van der Waals surface area contributed by atoms with Gasteiger partial charge in [-0.2, -0.15) is 4.57 Å². The fourth-order valence-electron chi connectivity index (χ4n) is 1.17. The van der Waals surface area contributed by atoms with E-state index < -0.39 is 9.39 Å². The van der Waals surface area contributed by atoms with Crippen molar-refractivity contribution in [2.45, 2.75) is 0 Å². The summed E-state index contributed by atoms with van der Waals surface area (Å²) in [6.07, 6.45) is 4.07. The van der Waals surface area contributed by atoms with Crippen LogP contribution in [-0.2, 0) is 0 Å². The van der Waals surface area contributed by atoms with Gasteiger partial charge >= 0.3 is 9.39 Å². The molecule has 2 aromatic rings. The molecule has 0 spiro atoms. The average molecular weight is 325 g/mol. The first-order valence-electron chi connectivity index (χ1n) is 4.86. The van der Waals surface area contributed by atoms with Crippen LogP contribution < -0.4 is 4.57 Å². The lowest BCUT2D eigenvalue weighted by Gasteiger charge is -1.97. The van der Waals surface area contributed by atoms with Gasteiger partial charge in [0.25, 0.3) is 0 Å². The summed E-state index contributed by atoms with van der Waals surface area (Å²) < 4.78 is 2.08. The van der Waals surface area contributed by atoms with Crippen LogP contribution in [0.1, 0.15) is 0 Å². The van der Waals surface area contributed by atoms with Crippen molar-refractivity contribution in [2.24, 2.45) is 0 Å². The lowest BCUT2D eigenvalue weighted by molar-refractivity contribution is -0.595. The van der Waals surface area contributed by atoms with E-state index in [2.05, 4.69) is 16.7 Å². The van der Waals surface area contributed by atoms with E-state index in [1.165, 1.54) is 5.69 Å². The maximum Gasteiger partial charge on any atom is 0.564 e. The van der Waals surface area contributed by atoms with Gasteiger partial charge in [0.2, 0.25) is 5.69 Å². The summed E-state index contributed by atoms with van der Waals surface area (Å²) in [5, 5.41) is 0. The molecule has 0 saturated heterocycles. The van der Waals surface area contributed by atoms with Crippen LogP contribution in [0.5, 0.6) is 0 Å². The molecule has 1 aromatic heterocycles. The zero-order chi connectivity index (χ0) is 12.7. The first-order chi connectivity index (χ1) is 7.97. The SMILES string of the molecule is [Cl][Al-]([Cl])([Cl])[Cl].c1ccc(-[n+]2ccccc2)cc1. The Labute approximate surface area is 120 Å². The summed E-state index contributed by atoms with van der Waals surface area (Å²) in [7, 11) is 17.0. The Kier molecular flexibility index (Phi) is 6.66. The Balaban J connectivity index is 0.000000249. The van der Waals surface area contributed by atoms with E-state index in [4.69, 9.17) is 40.2 Å². The highest BCUT2D eigenvalue weighted by molar-refractivity contribution is 7.81. The van der Waals surface area contributed by atoms with Gasteiger partial charge in [-0.25, -0.2) is 0 Å². The Morgan fingerprint density at radius 2 is 1.12 bits per heavy atom. The molecule has 2 rings (SSSR count). The second-order valence-electron chi connectivity index (χ2n) is 3.11. The first kappa shape index (κ1) is 15.1. The largest absolute Gasteiger partial charge is 0.564 e. The number of halogens is 4. The minimum absolute atomic E-state index is 1.19. The minimum Gasteiger partial charge on any atom is -0.391 e.